The van der Waals surface area contributed by atoms with Crippen molar-refractivity contribution in [2.75, 3.05) is 7.05 Å². The largest absolute Gasteiger partial charge is 0.477 e. The topological polar surface area (TPSA) is 70.5 Å². The Labute approximate surface area is 142 Å². The van der Waals surface area contributed by atoms with Crippen molar-refractivity contribution in [1.29, 1.82) is 0 Å². The summed E-state index contributed by atoms with van der Waals surface area (Å²) in [6.45, 7) is 4.08. The summed E-state index contributed by atoms with van der Waals surface area (Å²) in [5, 5.41) is 9.01. The smallest absolute Gasteiger partial charge is 0.354 e. The Bertz CT molecular complexity index is 726. The summed E-state index contributed by atoms with van der Waals surface area (Å²) in [5.41, 5.74) is 2.59. The molecule has 0 fully saturated rings. The van der Waals surface area contributed by atoms with Gasteiger partial charge < -0.3 is 10.0 Å². The van der Waals surface area contributed by atoms with Crippen LogP contribution in [0, 0.1) is 6.92 Å². The first-order valence-corrected chi connectivity index (χ1v) is 7.94. The molecule has 2 aromatic rings. The Hall–Kier alpha value is -2.69. The summed E-state index contributed by atoms with van der Waals surface area (Å²) < 4.78 is 0. The second-order valence-electron chi connectivity index (χ2n) is 5.90. The zero-order chi connectivity index (χ0) is 17.7. The zero-order valence-electron chi connectivity index (χ0n) is 14.2. The fraction of sp³-hybridized carbons (Fsp3) is 0.316. The van der Waals surface area contributed by atoms with Crippen molar-refractivity contribution in [3.05, 3.63) is 65.0 Å². The van der Waals surface area contributed by atoms with E-state index in [1.165, 1.54) is 23.4 Å². The predicted molar refractivity (Wildman–Crippen MR) is 92.3 cm³/mol. The van der Waals surface area contributed by atoms with Crippen molar-refractivity contribution in [1.82, 2.24) is 9.88 Å². The average Bonchev–Trinajstić information content (AvgIpc) is 2.60. The first-order valence-electron chi connectivity index (χ1n) is 7.94. The minimum atomic E-state index is -1.14. The fourth-order valence-corrected chi connectivity index (χ4v) is 2.60. The number of nitrogens with zero attached hydrogens (tertiary/aromatic N) is 2. The molecule has 126 valence electrons. The number of pyridine rings is 1. The maximum absolute atomic E-state index is 12.7. The summed E-state index contributed by atoms with van der Waals surface area (Å²) in [7, 11) is 1.76. The molecule has 1 aromatic carbocycles. The third-order valence-electron chi connectivity index (χ3n) is 4.16. The highest BCUT2D eigenvalue weighted by Crippen LogP contribution is 2.15. The number of carboxylic acid groups (broad SMARTS) is 1. The summed E-state index contributed by atoms with van der Waals surface area (Å²) in [6, 6.07) is 11.2. The molecule has 0 aliphatic rings. The van der Waals surface area contributed by atoms with E-state index >= 15 is 0 Å². The number of likely N-dealkylation sites (N-methyl/N-ethyl adjacent to an activating group) is 1. The number of amides is 1. The number of rotatable bonds is 6. The number of hydrogen-bond donors (Lipinski definition) is 1. The quantitative estimate of drug-likeness (QED) is 0.885. The van der Waals surface area contributed by atoms with Crippen LogP contribution in [0.2, 0.25) is 0 Å². The number of hydrogen-bond acceptors (Lipinski definition) is 3. The lowest BCUT2D eigenvalue weighted by Crippen LogP contribution is -2.38. The van der Waals surface area contributed by atoms with E-state index in [1.807, 2.05) is 13.8 Å². The van der Waals surface area contributed by atoms with E-state index in [0.29, 0.717) is 5.56 Å². The second-order valence-corrected chi connectivity index (χ2v) is 5.90. The molecular formula is C19H22N2O3. The lowest BCUT2D eigenvalue weighted by atomic mass is 10.0. The molecule has 0 saturated heterocycles. The van der Waals surface area contributed by atoms with Crippen LogP contribution < -0.4 is 0 Å². The molecule has 2 rings (SSSR count). The average molecular weight is 326 g/mol. The van der Waals surface area contributed by atoms with Gasteiger partial charge in [-0.15, -0.1) is 0 Å². The number of carboxylic acids is 1. The zero-order valence-corrected chi connectivity index (χ0v) is 14.2. The van der Waals surface area contributed by atoms with Crippen LogP contribution in [-0.2, 0) is 6.42 Å². The van der Waals surface area contributed by atoms with Gasteiger partial charge in [0, 0.05) is 24.8 Å². The van der Waals surface area contributed by atoms with Crippen LogP contribution in [0.1, 0.15) is 45.3 Å². The molecule has 1 heterocycles. The van der Waals surface area contributed by atoms with Crippen LogP contribution >= 0.6 is 0 Å². The van der Waals surface area contributed by atoms with Gasteiger partial charge in [0.1, 0.15) is 5.69 Å². The molecular weight excluding hydrogens is 304 g/mol. The second kappa shape index (κ2) is 7.73. The molecule has 1 atom stereocenters. The normalized spacial score (nSPS) is 11.8. The third kappa shape index (κ3) is 4.19. The molecule has 0 aliphatic carbocycles. The SMILES string of the molecule is CCC(Cc1ccc(C)cc1)N(C)C(=O)c1ccnc(C(=O)O)c1. The van der Waals surface area contributed by atoms with Gasteiger partial charge in [0.05, 0.1) is 0 Å². The summed E-state index contributed by atoms with van der Waals surface area (Å²) in [6.07, 6.45) is 2.92. The van der Waals surface area contributed by atoms with E-state index in [2.05, 4.69) is 29.2 Å². The van der Waals surface area contributed by atoms with Crippen molar-refractivity contribution in [3.63, 3.8) is 0 Å². The number of benzene rings is 1. The highest BCUT2D eigenvalue weighted by molar-refractivity contribution is 5.96. The highest BCUT2D eigenvalue weighted by Gasteiger charge is 2.21. The van der Waals surface area contributed by atoms with E-state index in [4.69, 9.17) is 5.11 Å². The van der Waals surface area contributed by atoms with Gasteiger partial charge in [-0.25, -0.2) is 9.78 Å². The van der Waals surface area contributed by atoms with E-state index in [-0.39, 0.29) is 17.6 Å². The minimum absolute atomic E-state index is 0.0432. The van der Waals surface area contributed by atoms with Gasteiger partial charge in [-0.2, -0.15) is 0 Å². The van der Waals surface area contributed by atoms with Gasteiger partial charge >= 0.3 is 5.97 Å². The van der Waals surface area contributed by atoms with Gasteiger partial charge in [-0.05, 0) is 37.5 Å². The molecule has 1 unspecified atom stereocenters. The highest BCUT2D eigenvalue weighted by atomic mass is 16.4. The van der Waals surface area contributed by atoms with Gasteiger partial charge in [-0.3, -0.25) is 4.79 Å². The van der Waals surface area contributed by atoms with Gasteiger partial charge in [-0.1, -0.05) is 36.8 Å². The Morgan fingerprint density at radius 1 is 1.21 bits per heavy atom. The van der Waals surface area contributed by atoms with E-state index in [9.17, 15) is 9.59 Å². The summed E-state index contributed by atoms with van der Waals surface area (Å²) in [4.78, 5) is 29.1. The van der Waals surface area contributed by atoms with Crippen molar-refractivity contribution < 1.29 is 14.7 Å². The predicted octanol–water partition coefficient (Wildman–Crippen LogP) is 3.18. The van der Waals surface area contributed by atoms with Crippen LogP contribution in [0.3, 0.4) is 0 Å². The summed E-state index contributed by atoms with van der Waals surface area (Å²) in [5.74, 6) is -1.34. The van der Waals surface area contributed by atoms with Gasteiger partial charge in [0.15, 0.2) is 0 Å². The van der Waals surface area contributed by atoms with Crippen LogP contribution in [0.25, 0.3) is 0 Å². The Morgan fingerprint density at radius 2 is 1.88 bits per heavy atom. The lowest BCUT2D eigenvalue weighted by molar-refractivity contribution is 0.0690. The van der Waals surface area contributed by atoms with E-state index in [1.54, 1.807) is 18.0 Å². The number of aromatic nitrogens is 1. The Kier molecular flexibility index (Phi) is 5.68. The third-order valence-corrected chi connectivity index (χ3v) is 4.16. The lowest BCUT2D eigenvalue weighted by Gasteiger charge is -2.27. The van der Waals surface area contributed by atoms with Crippen LogP contribution in [0.5, 0.6) is 0 Å². The molecule has 0 radical (unpaired) electrons. The molecule has 24 heavy (non-hydrogen) atoms. The van der Waals surface area contributed by atoms with Crippen molar-refractivity contribution >= 4 is 11.9 Å². The van der Waals surface area contributed by atoms with Crippen molar-refractivity contribution in [3.8, 4) is 0 Å². The van der Waals surface area contributed by atoms with Crippen LogP contribution in [0.4, 0.5) is 0 Å². The Balaban J connectivity index is 2.16. The first-order chi connectivity index (χ1) is 11.4. The van der Waals surface area contributed by atoms with Gasteiger partial charge in [0.2, 0.25) is 0 Å². The summed E-state index contributed by atoms with van der Waals surface area (Å²) >= 11 is 0. The minimum Gasteiger partial charge on any atom is -0.477 e. The molecule has 1 aromatic heterocycles. The number of carbonyl (C=O) groups is 2. The van der Waals surface area contributed by atoms with Crippen molar-refractivity contribution in [2.24, 2.45) is 0 Å². The van der Waals surface area contributed by atoms with Gasteiger partial charge in [0.25, 0.3) is 5.91 Å². The molecule has 1 N–H and O–H groups in total. The standard InChI is InChI=1S/C19H22N2O3/c1-4-16(11-14-7-5-13(2)6-8-14)21(3)18(22)15-9-10-20-17(12-15)19(23)24/h5-10,12,16H,4,11H2,1-3H3,(H,23,24). The number of carbonyl (C=O) groups excluding carboxylic acids is 1. The van der Waals surface area contributed by atoms with E-state index in [0.717, 1.165) is 12.8 Å². The maximum atomic E-state index is 12.7. The van der Waals surface area contributed by atoms with Crippen molar-refractivity contribution in [2.45, 2.75) is 32.7 Å². The molecule has 5 heteroatoms. The molecule has 0 bridgehead atoms. The molecule has 0 saturated carbocycles. The monoisotopic (exact) mass is 326 g/mol. The number of aryl methyl sites for hydroxylation is 1. The van der Waals surface area contributed by atoms with E-state index < -0.39 is 5.97 Å². The molecule has 5 nitrogen and oxygen atoms in total. The first kappa shape index (κ1) is 17.7. The molecule has 0 spiro atoms. The fourth-order valence-electron chi connectivity index (χ4n) is 2.60. The molecule has 1 amide bonds. The maximum Gasteiger partial charge on any atom is 0.354 e. The Morgan fingerprint density at radius 3 is 2.46 bits per heavy atom. The van der Waals surface area contributed by atoms with Crippen LogP contribution in [-0.4, -0.2) is 40.0 Å². The number of aromatic carboxylic acids is 1. The van der Waals surface area contributed by atoms with Crippen LogP contribution in [0.15, 0.2) is 42.6 Å². The molecule has 0 aliphatic heterocycles.